The van der Waals surface area contributed by atoms with Gasteiger partial charge in [0.2, 0.25) is 5.91 Å². The van der Waals surface area contributed by atoms with Crippen molar-refractivity contribution in [2.24, 2.45) is 5.92 Å². The molecule has 0 saturated carbocycles. The number of amides is 1. The Balaban J connectivity index is 1.33. The molecule has 1 amide bonds. The zero-order valence-corrected chi connectivity index (χ0v) is 16.1. The molecule has 1 saturated heterocycles. The van der Waals surface area contributed by atoms with Gasteiger partial charge in [-0.25, -0.2) is 19.6 Å². The van der Waals surface area contributed by atoms with Crippen LogP contribution in [0.1, 0.15) is 44.9 Å². The van der Waals surface area contributed by atoms with E-state index < -0.39 is 0 Å². The third-order valence-corrected chi connectivity index (χ3v) is 5.54. The SMILES string of the molecule is O=C(NCCC1=CCCCC1)[C@@H]1CCCN(c2cc(-n3cncn3)ncn2)C1. The van der Waals surface area contributed by atoms with Gasteiger partial charge in [0.1, 0.15) is 24.8 Å². The average molecular weight is 381 g/mol. The van der Waals surface area contributed by atoms with Crippen molar-refractivity contribution in [3.05, 3.63) is 36.7 Å². The first-order chi connectivity index (χ1) is 13.8. The molecule has 4 rings (SSSR count). The van der Waals surface area contributed by atoms with E-state index in [1.807, 2.05) is 6.07 Å². The molecular formula is C20H27N7O. The van der Waals surface area contributed by atoms with E-state index in [0.29, 0.717) is 12.4 Å². The van der Waals surface area contributed by atoms with Gasteiger partial charge in [0.15, 0.2) is 5.82 Å². The monoisotopic (exact) mass is 381 g/mol. The van der Waals surface area contributed by atoms with E-state index in [2.05, 4.69) is 36.3 Å². The second-order valence-corrected chi connectivity index (χ2v) is 7.51. The number of nitrogens with one attached hydrogen (secondary N) is 1. The summed E-state index contributed by atoms with van der Waals surface area (Å²) in [4.78, 5) is 27.4. The van der Waals surface area contributed by atoms with Gasteiger partial charge in [-0.1, -0.05) is 11.6 Å². The Labute approximate surface area is 165 Å². The molecular weight excluding hydrogens is 354 g/mol. The molecule has 0 spiro atoms. The number of hydrogen-bond donors (Lipinski definition) is 1. The summed E-state index contributed by atoms with van der Waals surface area (Å²) in [6.45, 7) is 2.32. The van der Waals surface area contributed by atoms with Crippen LogP contribution in [-0.2, 0) is 4.79 Å². The number of rotatable bonds is 6. The molecule has 2 aromatic heterocycles. The maximum atomic E-state index is 12.7. The summed E-state index contributed by atoms with van der Waals surface area (Å²) in [6.07, 6.45) is 14.8. The normalized spacial score (nSPS) is 19.9. The number of anilines is 1. The first kappa shape index (κ1) is 18.6. The van der Waals surface area contributed by atoms with Crippen molar-refractivity contribution in [2.75, 3.05) is 24.5 Å². The van der Waals surface area contributed by atoms with Crippen LogP contribution in [-0.4, -0.2) is 50.3 Å². The molecule has 28 heavy (non-hydrogen) atoms. The number of allylic oxidation sites excluding steroid dienone is 1. The minimum atomic E-state index is -0.00105. The van der Waals surface area contributed by atoms with Crippen LogP contribution in [0, 0.1) is 5.92 Å². The van der Waals surface area contributed by atoms with Gasteiger partial charge in [-0.15, -0.1) is 0 Å². The van der Waals surface area contributed by atoms with Crippen molar-refractivity contribution >= 4 is 11.7 Å². The first-order valence-electron chi connectivity index (χ1n) is 10.2. The van der Waals surface area contributed by atoms with Gasteiger partial charge in [0.25, 0.3) is 0 Å². The zero-order valence-electron chi connectivity index (χ0n) is 16.1. The van der Waals surface area contributed by atoms with Crippen molar-refractivity contribution in [1.82, 2.24) is 30.0 Å². The molecule has 2 aliphatic rings. The van der Waals surface area contributed by atoms with E-state index >= 15 is 0 Å². The van der Waals surface area contributed by atoms with E-state index in [1.54, 1.807) is 11.0 Å². The lowest BCUT2D eigenvalue weighted by Gasteiger charge is -2.33. The van der Waals surface area contributed by atoms with Crippen LogP contribution in [0.4, 0.5) is 5.82 Å². The summed E-state index contributed by atoms with van der Waals surface area (Å²) in [5.41, 5.74) is 1.50. The van der Waals surface area contributed by atoms with Crippen LogP contribution in [0.2, 0.25) is 0 Å². The lowest BCUT2D eigenvalue weighted by atomic mass is 9.96. The summed E-state index contributed by atoms with van der Waals surface area (Å²) in [5.74, 6) is 1.66. The Morgan fingerprint density at radius 3 is 2.93 bits per heavy atom. The maximum Gasteiger partial charge on any atom is 0.224 e. The van der Waals surface area contributed by atoms with Crippen LogP contribution >= 0.6 is 0 Å². The van der Waals surface area contributed by atoms with Crippen molar-refractivity contribution in [3.8, 4) is 5.82 Å². The third-order valence-electron chi connectivity index (χ3n) is 5.54. The molecule has 148 valence electrons. The quantitative estimate of drug-likeness (QED) is 0.772. The molecule has 1 N–H and O–H groups in total. The van der Waals surface area contributed by atoms with Crippen LogP contribution in [0.5, 0.6) is 0 Å². The van der Waals surface area contributed by atoms with E-state index in [1.165, 1.54) is 43.9 Å². The van der Waals surface area contributed by atoms with Gasteiger partial charge < -0.3 is 10.2 Å². The molecule has 8 heteroatoms. The smallest absolute Gasteiger partial charge is 0.224 e. The molecule has 8 nitrogen and oxygen atoms in total. The molecule has 0 aromatic carbocycles. The predicted octanol–water partition coefficient (Wildman–Crippen LogP) is 2.28. The third kappa shape index (κ3) is 4.55. The van der Waals surface area contributed by atoms with Crippen molar-refractivity contribution in [2.45, 2.75) is 44.9 Å². The maximum absolute atomic E-state index is 12.7. The number of hydrogen-bond acceptors (Lipinski definition) is 6. The number of piperidine rings is 1. The van der Waals surface area contributed by atoms with Crippen molar-refractivity contribution in [1.29, 1.82) is 0 Å². The summed E-state index contributed by atoms with van der Waals surface area (Å²) >= 11 is 0. The highest BCUT2D eigenvalue weighted by Gasteiger charge is 2.26. The van der Waals surface area contributed by atoms with Gasteiger partial charge >= 0.3 is 0 Å². The van der Waals surface area contributed by atoms with Gasteiger partial charge in [-0.2, -0.15) is 5.10 Å². The Kier molecular flexibility index (Phi) is 5.94. The second kappa shape index (κ2) is 8.95. The lowest BCUT2D eigenvalue weighted by Crippen LogP contribution is -2.43. The molecule has 2 aromatic rings. The topological polar surface area (TPSA) is 88.8 Å². The standard InChI is InChI=1S/C20H27N7O/c28-20(22-9-8-16-5-2-1-3-6-16)17-7-4-10-26(12-17)18-11-19(24-14-23-18)27-15-21-13-25-27/h5,11,13-15,17H,1-4,6-10,12H2,(H,22,28)/t17-/m1/s1. The molecule has 0 unspecified atom stereocenters. The Hall–Kier alpha value is -2.77. The zero-order chi connectivity index (χ0) is 19.2. The lowest BCUT2D eigenvalue weighted by molar-refractivity contribution is -0.125. The van der Waals surface area contributed by atoms with Crippen LogP contribution in [0.15, 0.2) is 36.7 Å². The highest BCUT2D eigenvalue weighted by Crippen LogP contribution is 2.23. The Bertz CT molecular complexity index is 818. The van der Waals surface area contributed by atoms with Gasteiger partial charge in [0.05, 0.1) is 5.92 Å². The minimum Gasteiger partial charge on any atom is -0.356 e. The fourth-order valence-electron chi connectivity index (χ4n) is 3.98. The largest absolute Gasteiger partial charge is 0.356 e. The molecule has 0 bridgehead atoms. The van der Waals surface area contributed by atoms with E-state index in [9.17, 15) is 4.79 Å². The van der Waals surface area contributed by atoms with Gasteiger partial charge in [0, 0.05) is 25.7 Å². The summed E-state index contributed by atoms with van der Waals surface area (Å²) in [6, 6.07) is 1.89. The number of aromatic nitrogens is 5. The van der Waals surface area contributed by atoms with Crippen molar-refractivity contribution < 1.29 is 4.79 Å². The highest BCUT2D eigenvalue weighted by atomic mass is 16.1. The predicted molar refractivity (Wildman–Crippen MR) is 106 cm³/mol. The molecule has 3 heterocycles. The van der Waals surface area contributed by atoms with Crippen LogP contribution < -0.4 is 10.2 Å². The van der Waals surface area contributed by atoms with Crippen molar-refractivity contribution in [3.63, 3.8) is 0 Å². The second-order valence-electron chi connectivity index (χ2n) is 7.51. The summed E-state index contributed by atoms with van der Waals surface area (Å²) in [7, 11) is 0. The molecule has 1 aliphatic carbocycles. The average Bonchev–Trinajstić information content (AvgIpc) is 3.30. The van der Waals surface area contributed by atoms with E-state index in [0.717, 1.165) is 38.2 Å². The molecule has 1 fully saturated rings. The van der Waals surface area contributed by atoms with E-state index in [-0.39, 0.29) is 11.8 Å². The number of carbonyl (C=O) groups excluding carboxylic acids is 1. The van der Waals surface area contributed by atoms with E-state index in [4.69, 9.17) is 0 Å². The van der Waals surface area contributed by atoms with Crippen LogP contribution in [0.25, 0.3) is 5.82 Å². The highest BCUT2D eigenvalue weighted by molar-refractivity contribution is 5.79. The van der Waals surface area contributed by atoms with Crippen LogP contribution in [0.3, 0.4) is 0 Å². The van der Waals surface area contributed by atoms with Gasteiger partial charge in [-0.3, -0.25) is 4.79 Å². The summed E-state index contributed by atoms with van der Waals surface area (Å²) < 4.78 is 1.61. The Morgan fingerprint density at radius 1 is 1.18 bits per heavy atom. The van der Waals surface area contributed by atoms with Gasteiger partial charge in [-0.05, 0) is 44.9 Å². The fraction of sp³-hybridized carbons (Fsp3) is 0.550. The molecule has 0 radical (unpaired) electrons. The Morgan fingerprint density at radius 2 is 2.11 bits per heavy atom. The summed E-state index contributed by atoms with van der Waals surface area (Å²) in [5, 5.41) is 7.26. The number of nitrogens with zero attached hydrogens (tertiary/aromatic N) is 6. The minimum absolute atomic E-state index is 0.00105. The number of carbonyl (C=O) groups is 1. The molecule has 1 aliphatic heterocycles. The molecule has 1 atom stereocenters. The first-order valence-corrected chi connectivity index (χ1v) is 10.2. The fourth-order valence-corrected chi connectivity index (χ4v) is 3.98.